The summed E-state index contributed by atoms with van der Waals surface area (Å²) < 4.78 is 12.9. The van der Waals surface area contributed by atoms with Crippen LogP contribution in [0, 0.1) is 0 Å². The normalized spacial score (nSPS) is 16.8. The van der Waals surface area contributed by atoms with E-state index in [1.54, 1.807) is 6.07 Å². The van der Waals surface area contributed by atoms with Crippen molar-refractivity contribution in [3.63, 3.8) is 0 Å². The van der Waals surface area contributed by atoms with Crippen LogP contribution in [-0.4, -0.2) is 37.2 Å². The zero-order valence-corrected chi connectivity index (χ0v) is 20.6. The van der Waals surface area contributed by atoms with Gasteiger partial charge in [0.2, 0.25) is 0 Å². The van der Waals surface area contributed by atoms with E-state index >= 15 is 0 Å². The summed E-state index contributed by atoms with van der Waals surface area (Å²) in [5, 5.41) is 4.67. The molecule has 7 heteroatoms. The lowest BCUT2D eigenvalue weighted by Gasteiger charge is -2.23. The number of likely N-dealkylation sites (tertiary alicyclic amines) is 1. The molecular weight excluding hydrogens is 487 g/mol. The summed E-state index contributed by atoms with van der Waals surface area (Å²) in [7, 11) is 0. The third-order valence-electron chi connectivity index (χ3n) is 5.39. The molecule has 4 nitrogen and oxygen atoms in total. The van der Waals surface area contributed by atoms with Crippen molar-refractivity contribution in [1.29, 1.82) is 0 Å². The smallest absolute Gasteiger partial charge is 0.162 e. The molecule has 164 valence electrons. The van der Waals surface area contributed by atoms with Crippen LogP contribution in [0.5, 0.6) is 11.5 Å². The lowest BCUT2D eigenvalue weighted by molar-refractivity contribution is 0.259. The highest BCUT2D eigenvalue weighted by atomic mass is 79.9. The van der Waals surface area contributed by atoms with Crippen molar-refractivity contribution in [2.45, 2.75) is 45.9 Å². The lowest BCUT2D eigenvalue weighted by Crippen LogP contribution is -2.37. The molecule has 1 unspecified atom stereocenters. The molecular formula is C23H29BrCl2N2O2. The highest BCUT2D eigenvalue weighted by Gasteiger charge is 2.22. The van der Waals surface area contributed by atoms with Crippen molar-refractivity contribution in [3.8, 4) is 11.5 Å². The summed E-state index contributed by atoms with van der Waals surface area (Å²) in [5.74, 6) is 1.44. The number of nitrogens with one attached hydrogen (secondary N) is 1. The standard InChI is InChI=1S/C23H29BrCl2N2O2/c1-3-28-9-5-6-18(28)14-27-13-17-11-22(29-4-2)23(12-19(17)24)30-15-16-7-8-20(25)21(26)10-16/h7-8,10-12,18,27H,3-6,9,13-15H2,1-2H3. The van der Waals surface area contributed by atoms with Crippen LogP contribution < -0.4 is 14.8 Å². The van der Waals surface area contributed by atoms with Crippen LogP contribution in [0.25, 0.3) is 0 Å². The van der Waals surface area contributed by atoms with Gasteiger partial charge in [-0.1, -0.05) is 52.1 Å². The Hall–Kier alpha value is -0.980. The fraction of sp³-hybridized carbons (Fsp3) is 0.478. The van der Waals surface area contributed by atoms with Crippen LogP contribution >= 0.6 is 39.1 Å². The van der Waals surface area contributed by atoms with Gasteiger partial charge in [-0.2, -0.15) is 0 Å². The van der Waals surface area contributed by atoms with E-state index in [0.29, 0.717) is 35.1 Å². The molecule has 1 atom stereocenters. The molecule has 1 fully saturated rings. The Bertz CT molecular complexity index is 850. The second-order valence-corrected chi connectivity index (χ2v) is 9.08. The average Bonchev–Trinajstić information content (AvgIpc) is 3.19. The SMILES string of the molecule is CCOc1cc(CNCC2CCCN2CC)c(Br)cc1OCc1ccc(Cl)c(Cl)c1. The van der Waals surface area contributed by atoms with Crippen LogP contribution in [-0.2, 0) is 13.2 Å². The minimum absolute atomic E-state index is 0.384. The molecule has 0 radical (unpaired) electrons. The molecule has 0 saturated carbocycles. The number of nitrogens with zero attached hydrogens (tertiary/aromatic N) is 1. The lowest BCUT2D eigenvalue weighted by atomic mass is 10.1. The number of ether oxygens (including phenoxy) is 2. The second-order valence-electron chi connectivity index (χ2n) is 7.42. The van der Waals surface area contributed by atoms with E-state index in [9.17, 15) is 0 Å². The van der Waals surface area contributed by atoms with Gasteiger partial charge >= 0.3 is 0 Å². The van der Waals surface area contributed by atoms with Gasteiger partial charge in [0, 0.05) is 23.6 Å². The van der Waals surface area contributed by atoms with Gasteiger partial charge in [-0.05, 0) is 68.2 Å². The van der Waals surface area contributed by atoms with Gasteiger partial charge < -0.3 is 14.8 Å². The summed E-state index contributed by atoms with van der Waals surface area (Å²) in [6.45, 7) is 9.28. The number of halogens is 3. The Morgan fingerprint density at radius 2 is 1.90 bits per heavy atom. The van der Waals surface area contributed by atoms with Gasteiger partial charge in [-0.15, -0.1) is 0 Å². The van der Waals surface area contributed by atoms with E-state index in [1.165, 1.54) is 19.4 Å². The predicted molar refractivity (Wildman–Crippen MR) is 128 cm³/mol. The third kappa shape index (κ3) is 6.27. The van der Waals surface area contributed by atoms with Crippen molar-refractivity contribution in [1.82, 2.24) is 10.2 Å². The van der Waals surface area contributed by atoms with Gasteiger partial charge in [0.25, 0.3) is 0 Å². The van der Waals surface area contributed by atoms with E-state index in [-0.39, 0.29) is 0 Å². The first kappa shape index (κ1) is 23.7. The highest BCUT2D eigenvalue weighted by molar-refractivity contribution is 9.10. The highest BCUT2D eigenvalue weighted by Crippen LogP contribution is 2.35. The molecule has 1 heterocycles. The van der Waals surface area contributed by atoms with Crippen molar-refractivity contribution < 1.29 is 9.47 Å². The fourth-order valence-corrected chi connectivity index (χ4v) is 4.58. The summed E-state index contributed by atoms with van der Waals surface area (Å²) in [6, 6.07) is 10.2. The molecule has 2 aromatic rings. The second kappa shape index (κ2) is 11.6. The number of rotatable bonds is 10. The minimum atomic E-state index is 0.384. The largest absolute Gasteiger partial charge is 0.490 e. The first-order valence-corrected chi connectivity index (χ1v) is 12.0. The van der Waals surface area contributed by atoms with Crippen molar-refractivity contribution >= 4 is 39.1 Å². The van der Waals surface area contributed by atoms with Crippen molar-refractivity contribution in [2.24, 2.45) is 0 Å². The molecule has 2 aromatic carbocycles. The third-order valence-corrected chi connectivity index (χ3v) is 6.87. The quantitative estimate of drug-likeness (QED) is 0.402. The topological polar surface area (TPSA) is 33.7 Å². The van der Waals surface area contributed by atoms with E-state index in [0.717, 1.165) is 41.0 Å². The first-order chi connectivity index (χ1) is 14.5. The molecule has 0 aromatic heterocycles. The average molecular weight is 516 g/mol. The summed E-state index contributed by atoms with van der Waals surface area (Å²) in [4.78, 5) is 2.55. The molecule has 30 heavy (non-hydrogen) atoms. The predicted octanol–water partition coefficient (Wildman–Crippen LogP) is 6.31. The van der Waals surface area contributed by atoms with Crippen molar-refractivity contribution in [3.05, 3.63) is 56.0 Å². The fourth-order valence-electron chi connectivity index (χ4n) is 3.80. The molecule has 1 saturated heterocycles. The Balaban J connectivity index is 1.64. The molecule has 0 aliphatic carbocycles. The number of hydrogen-bond donors (Lipinski definition) is 1. The minimum Gasteiger partial charge on any atom is -0.490 e. The Morgan fingerprint density at radius 1 is 1.10 bits per heavy atom. The van der Waals surface area contributed by atoms with Crippen LogP contribution in [0.2, 0.25) is 10.0 Å². The van der Waals surface area contributed by atoms with Crippen LogP contribution in [0.15, 0.2) is 34.8 Å². The molecule has 0 spiro atoms. The van der Waals surface area contributed by atoms with Crippen LogP contribution in [0.3, 0.4) is 0 Å². The molecule has 3 rings (SSSR count). The van der Waals surface area contributed by atoms with E-state index in [1.807, 2.05) is 25.1 Å². The maximum atomic E-state index is 6.11. The number of hydrogen-bond acceptors (Lipinski definition) is 4. The van der Waals surface area contributed by atoms with E-state index in [4.69, 9.17) is 32.7 Å². The zero-order valence-electron chi connectivity index (χ0n) is 17.5. The van der Waals surface area contributed by atoms with Crippen LogP contribution in [0.1, 0.15) is 37.8 Å². The maximum absolute atomic E-state index is 6.11. The van der Waals surface area contributed by atoms with Crippen LogP contribution in [0.4, 0.5) is 0 Å². The molecule has 1 aliphatic heterocycles. The van der Waals surface area contributed by atoms with E-state index in [2.05, 4.69) is 39.1 Å². The summed E-state index contributed by atoms with van der Waals surface area (Å²) >= 11 is 15.8. The number of benzene rings is 2. The first-order valence-electron chi connectivity index (χ1n) is 10.5. The Kier molecular flexibility index (Phi) is 9.14. The van der Waals surface area contributed by atoms with Gasteiger partial charge in [0.05, 0.1) is 16.7 Å². The van der Waals surface area contributed by atoms with E-state index < -0.39 is 0 Å². The Labute approximate surface area is 198 Å². The molecule has 1 N–H and O–H groups in total. The molecule has 0 bridgehead atoms. The Morgan fingerprint density at radius 3 is 2.63 bits per heavy atom. The van der Waals surface area contributed by atoms with Crippen molar-refractivity contribution in [2.75, 3.05) is 26.2 Å². The molecule has 1 aliphatic rings. The van der Waals surface area contributed by atoms with Gasteiger partial charge in [-0.3, -0.25) is 4.90 Å². The summed E-state index contributed by atoms with van der Waals surface area (Å²) in [5.41, 5.74) is 2.10. The monoisotopic (exact) mass is 514 g/mol. The number of likely N-dealkylation sites (N-methyl/N-ethyl adjacent to an activating group) is 1. The molecule has 0 amide bonds. The van der Waals surface area contributed by atoms with Gasteiger partial charge in [0.1, 0.15) is 6.61 Å². The van der Waals surface area contributed by atoms with Gasteiger partial charge in [0.15, 0.2) is 11.5 Å². The van der Waals surface area contributed by atoms with Gasteiger partial charge in [-0.25, -0.2) is 0 Å². The maximum Gasteiger partial charge on any atom is 0.162 e. The summed E-state index contributed by atoms with van der Waals surface area (Å²) in [6.07, 6.45) is 2.57. The zero-order chi connectivity index (χ0) is 21.5.